The first-order chi connectivity index (χ1) is 10.2. The highest BCUT2D eigenvalue weighted by atomic mass is 16.5. The number of anilines is 1. The molecule has 1 amide bonds. The van der Waals surface area contributed by atoms with Gasteiger partial charge in [-0.1, -0.05) is 0 Å². The van der Waals surface area contributed by atoms with E-state index in [1.165, 1.54) is 0 Å². The molecule has 21 heavy (non-hydrogen) atoms. The third kappa shape index (κ3) is 2.67. The molecule has 0 saturated carbocycles. The van der Waals surface area contributed by atoms with Gasteiger partial charge < -0.3 is 15.0 Å². The lowest BCUT2D eigenvalue weighted by molar-refractivity contribution is 0.102. The predicted octanol–water partition coefficient (Wildman–Crippen LogP) is 2.12. The van der Waals surface area contributed by atoms with Gasteiger partial charge in [0.2, 0.25) is 0 Å². The number of nitrogens with one attached hydrogen (secondary N) is 2. The monoisotopic (exact) mass is 284 g/mol. The molecule has 3 rings (SSSR count). The van der Waals surface area contributed by atoms with Gasteiger partial charge in [-0.05, 0) is 55.2 Å². The molecule has 0 radical (unpaired) electrons. The van der Waals surface area contributed by atoms with Crippen LogP contribution in [0.5, 0.6) is 5.75 Å². The zero-order valence-electron chi connectivity index (χ0n) is 11.7. The number of benzene rings is 1. The van der Waals surface area contributed by atoms with Crippen LogP contribution in [-0.2, 0) is 12.8 Å². The number of H-pyrrole nitrogens is 1. The van der Waals surface area contributed by atoms with Crippen LogP contribution in [0.4, 0.5) is 5.69 Å². The van der Waals surface area contributed by atoms with Gasteiger partial charge in [-0.3, -0.25) is 9.59 Å². The minimum absolute atomic E-state index is 0.159. The number of rotatable bonds is 3. The Labute approximate surface area is 122 Å². The average molecular weight is 284 g/mol. The van der Waals surface area contributed by atoms with Crippen LogP contribution >= 0.6 is 0 Å². The van der Waals surface area contributed by atoms with E-state index in [9.17, 15) is 9.59 Å². The second-order valence-electron chi connectivity index (χ2n) is 5.05. The Morgan fingerprint density at radius 2 is 2.00 bits per heavy atom. The van der Waals surface area contributed by atoms with Gasteiger partial charge in [0.25, 0.3) is 11.5 Å². The summed E-state index contributed by atoms with van der Waals surface area (Å²) in [6.07, 6.45) is 2.81. The molecule has 1 heterocycles. The average Bonchev–Trinajstić information content (AvgIpc) is 2.94. The van der Waals surface area contributed by atoms with E-state index in [1.807, 2.05) is 0 Å². The van der Waals surface area contributed by atoms with Crippen LogP contribution in [0.1, 0.15) is 28.0 Å². The van der Waals surface area contributed by atoms with Crippen molar-refractivity contribution < 1.29 is 9.53 Å². The van der Waals surface area contributed by atoms with Crippen LogP contribution in [-0.4, -0.2) is 18.0 Å². The Kier molecular flexibility index (Phi) is 3.48. The summed E-state index contributed by atoms with van der Waals surface area (Å²) >= 11 is 0. The summed E-state index contributed by atoms with van der Waals surface area (Å²) in [5.74, 6) is 0.319. The van der Waals surface area contributed by atoms with Crippen molar-refractivity contribution >= 4 is 11.6 Å². The third-order valence-corrected chi connectivity index (χ3v) is 3.68. The summed E-state index contributed by atoms with van der Waals surface area (Å²) in [5.41, 5.74) is 2.48. The third-order valence-electron chi connectivity index (χ3n) is 3.68. The van der Waals surface area contributed by atoms with Gasteiger partial charge in [0.15, 0.2) is 0 Å². The summed E-state index contributed by atoms with van der Waals surface area (Å²) in [5, 5.41) is 2.73. The largest absolute Gasteiger partial charge is 0.497 e. The minimum Gasteiger partial charge on any atom is -0.497 e. The molecule has 1 aliphatic carbocycles. The van der Waals surface area contributed by atoms with Crippen LogP contribution in [0, 0.1) is 0 Å². The molecule has 0 bridgehead atoms. The molecule has 1 aromatic heterocycles. The Morgan fingerprint density at radius 3 is 2.71 bits per heavy atom. The number of ether oxygens (including phenoxy) is 1. The van der Waals surface area contributed by atoms with E-state index in [-0.39, 0.29) is 11.1 Å². The van der Waals surface area contributed by atoms with Crippen LogP contribution < -0.4 is 15.6 Å². The van der Waals surface area contributed by atoms with Gasteiger partial charge >= 0.3 is 0 Å². The first-order valence-corrected chi connectivity index (χ1v) is 6.88. The molecule has 108 valence electrons. The van der Waals surface area contributed by atoms with Gasteiger partial charge in [-0.15, -0.1) is 0 Å². The van der Waals surface area contributed by atoms with Gasteiger partial charge in [-0.25, -0.2) is 0 Å². The van der Waals surface area contributed by atoms with E-state index in [0.29, 0.717) is 11.4 Å². The number of aryl methyl sites for hydroxylation is 2. The summed E-state index contributed by atoms with van der Waals surface area (Å²) < 4.78 is 5.06. The highest BCUT2D eigenvalue weighted by Gasteiger charge is 2.18. The lowest BCUT2D eigenvalue weighted by Crippen LogP contribution is -2.24. The molecule has 1 aromatic carbocycles. The standard InChI is InChI=1S/C16H16N2O3/c1-21-12-7-5-11(6-8-12)17-15(19)13-9-10-3-2-4-14(10)18-16(13)20/h5-9H,2-4H2,1H3,(H,17,19)(H,18,20). The molecule has 1 aliphatic rings. The highest BCUT2D eigenvalue weighted by Crippen LogP contribution is 2.20. The van der Waals surface area contributed by atoms with Crippen molar-refractivity contribution in [1.29, 1.82) is 0 Å². The van der Waals surface area contributed by atoms with E-state index in [1.54, 1.807) is 37.4 Å². The van der Waals surface area contributed by atoms with Gasteiger partial charge in [-0.2, -0.15) is 0 Å². The van der Waals surface area contributed by atoms with Crippen molar-refractivity contribution in [3.05, 3.63) is 57.5 Å². The van der Waals surface area contributed by atoms with Crippen molar-refractivity contribution in [2.75, 3.05) is 12.4 Å². The van der Waals surface area contributed by atoms with E-state index < -0.39 is 5.91 Å². The predicted molar refractivity (Wildman–Crippen MR) is 80.0 cm³/mol. The fourth-order valence-corrected chi connectivity index (χ4v) is 2.55. The van der Waals surface area contributed by atoms with E-state index >= 15 is 0 Å². The molecule has 0 atom stereocenters. The Balaban J connectivity index is 1.83. The van der Waals surface area contributed by atoms with Crippen molar-refractivity contribution in [3.63, 3.8) is 0 Å². The van der Waals surface area contributed by atoms with E-state index in [4.69, 9.17) is 4.74 Å². The topological polar surface area (TPSA) is 71.2 Å². The number of carbonyl (C=O) groups is 1. The maximum Gasteiger partial charge on any atom is 0.261 e. The zero-order chi connectivity index (χ0) is 14.8. The zero-order valence-corrected chi connectivity index (χ0v) is 11.7. The fourth-order valence-electron chi connectivity index (χ4n) is 2.55. The van der Waals surface area contributed by atoms with Gasteiger partial charge in [0.05, 0.1) is 7.11 Å². The Bertz CT molecular complexity index is 732. The van der Waals surface area contributed by atoms with Gasteiger partial charge in [0.1, 0.15) is 11.3 Å². The second-order valence-corrected chi connectivity index (χ2v) is 5.05. The summed E-state index contributed by atoms with van der Waals surface area (Å²) in [7, 11) is 1.58. The number of aromatic nitrogens is 1. The molecular formula is C16H16N2O3. The molecule has 5 heteroatoms. The quantitative estimate of drug-likeness (QED) is 0.907. The number of fused-ring (bicyclic) bond motifs is 1. The summed E-state index contributed by atoms with van der Waals surface area (Å²) in [4.78, 5) is 27.0. The molecule has 2 aromatic rings. The van der Waals surface area contributed by atoms with E-state index in [2.05, 4.69) is 10.3 Å². The second kappa shape index (κ2) is 5.44. The molecular weight excluding hydrogens is 268 g/mol. The normalized spacial score (nSPS) is 12.8. The van der Waals surface area contributed by atoms with Crippen molar-refractivity contribution in [1.82, 2.24) is 4.98 Å². The van der Waals surface area contributed by atoms with Crippen LogP contribution in [0.15, 0.2) is 35.1 Å². The minimum atomic E-state index is -0.392. The SMILES string of the molecule is COc1ccc(NC(=O)c2cc3c([nH]c2=O)CCC3)cc1. The molecule has 0 spiro atoms. The number of hydrogen-bond acceptors (Lipinski definition) is 3. The fraction of sp³-hybridized carbons (Fsp3) is 0.250. The maximum absolute atomic E-state index is 12.2. The molecule has 0 saturated heterocycles. The summed E-state index contributed by atoms with van der Waals surface area (Å²) in [6, 6.07) is 8.68. The molecule has 0 aliphatic heterocycles. The smallest absolute Gasteiger partial charge is 0.261 e. The number of aromatic amines is 1. The van der Waals surface area contributed by atoms with Crippen LogP contribution in [0.25, 0.3) is 0 Å². The Hall–Kier alpha value is -2.56. The molecule has 0 fully saturated rings. The highest BCUT2D eigenvalue weighted by molar-refractivity contribution is 6.04. The number of pyridine rings is 1. The number of hydrogen-bond donors (Lipinski definition) is 2. The summed E-state index contributed by atoms with van der Waals surface area (Å²) in [6.45, 7) is 0. The van der Waals surface area contributed by atoms with Crippen molar-refractivity contribution in [2.45, 2.75) is 19.3 Å². The number of methoxy groups -OCH3 is 1. The van der Waals surface area contributed by atoms with Crippen molar-refractivity contribution in [2.24, 2.45) is 0 Å². The first-order valence-electron chi connectivity index (χ1n) is 6.88. The molecule has 2 N–H and O–H groups in total. The molecule has 5 nitrogen and oxygen atoms in total. The lowest BCUT2D eigenvalue weighted by atomic mass is 10.1. The van der Waals surface area contributed by atoms with E-state index in [0.717, 1.165) is 30.5 Å². The number of carbonyl (C=O) groups excluding carboxylic acids is 1. The van der Waals surface area contributed by atoms with Crippen LogP contribution in [0.2, 0.25) is 0 Å². The molecule has 0 unspecified atom stereocenters. The maximum atomic E-state index is 12.2. The van der Waals surface area contributed by atoms with Gasteiger partial charge in [0, 0.05) is 11.4 Å². The van der Waals surface area contributed by atoms with Crippen LogP contribution in [0.3, 0.4) is 0 Å². The number of amides is 1. The first kappa shape index (κ1) is 13.4. The lowest BCUT2D eigenvalue weighted by Gasteiger charge is -2.07. The van der Waals surface area contributed by atoms with Crippen molar-refractivity contribution in [3.8, 4) is 5.75 Å². The Morgan fingerprint density at radius 1 is 1.24 bits per heavy atom.